The Morgan fingerprint density at radius 2 is 1.98 bits per heavy atom. The van der Waals surface area contributed by atoms with E-state index < -0.39 is 59.1 Å². The largest absolute Gasteiger partial charge is 0.464 e. The van der Waals surface area contributed by atoms with E-state index in [9.17, 15) is 29.4 Å². The molecule has 7 unspecified atom stereocenters. The number of aliphatic hydroxyl groups is 2. The first-order valence-corrected chi connectivity index (χ1v) is 20.4. The number of carbonyl (C=O) groups is 4. The molecule has 0 spiro atoms. The lowest BCUT2D eigenvalue weighted by Crippen LogP contribution is -2.62. The number of hydrogen-bond donors (Lipinski definition) is 4. The fourth-order valence-corrected chi connectivity index (χ4v) is 10.3. The second kappa shape index (κ2) is 16.7. The van der Waals surface area contributed by atoms with E-state index in [1.54, 1.807) is 62.5 Å². The Balaban J connectivity index is 1.22. The average Bonchev–Trinajstić information content (AvgIpc) is 3.92. The van der Waals surface area contributed by atoms with Gasteiger partial charge in [0, 0.05) is 43.0 Å². The van der Waals surface area contributed by atoms with Gasteiger partial charge in [0.15, 0.2) is 6.04 Å². The molecule has 10 atom stereocenters. The standard InChI is InChI=1S/C42H57N7O9/c1-7-57-39(55)35-37(53)49-22-26(8-9-34(49)47(35)6)18-27-19-28(38(54)58-27)30(45-25(3)36(52)46-40-43-12-13-44-40)20-29-24(2)31(48-14-16-56-17-15-48)21-32-41(29,4)11-10-33(51)42(32,5)23-50/h8-9,12,18-19,22,25,29-35,45,50-51H,2,7,10-11,13-17,20-21,23H2,1,3-6H3,(H,44,46,52)/b27-18+/t25?,29?,30?,31?,32?,33-,34?,35?,41-,42+/m1/s1. The number of ether oxygens (including phenoxy) is 3. The second-order valence-electron chi connectivity index (χ2n) is 16.9. The number of nitrogens with zero attached hydrogens (tertiary/aromatic N) is 5. The van der Waals surface area contributed by atoms with E-state index in [0.29, 0.717) is 50.2 Å². The first-order valence-electron chi connectivity index (χ1n) is 20.4. The number of aliphatic hydroxyl groups excluding tert-OH is 2. The molecule has 2 saturated heterocycles. The summed E-state index contributed by atoms with van der Waals surface area (Å²) in [7, 11) is 1.69. The highest BCUT2D eigenvalue weighted by Crippen LogP contribution is 2.62. The molecule has 7 rings (SSSR count). The molecule has 2 amide bonds. The molecule has 7 aliphatic rings. The van der Waals surface area contributed by atoms with Crippen molar-refractivity contribution < 1.29 is 43.6 Å². The SMILES string of the molecule is C=C1C(N2CCOCC2)CC2[C@](C)(CC[C@@H](O)[C@@]2(C)CO)C1CC(NC(C)C(=O)NC1=NCC=N1)C1=C/C(=C\C2=CN3C(=O)C(C(=O)OCC)N(C)C3C=C2)OC1=O. The Hall–Kier alpha value is -4.32. The number of cyclic esters (lactones) is 1. The molecule has 0 aromatic carbocycles. The molecule has 5 aliphatic heterocycles. The maximum atomic E-state index is 14.0. The van der Waals surface area contributed by atoms with Gasteiger partial charge >= 0.3 is 11.9 Å². The van der Waals surface area contributed by atoms with Gasteiger partial charge in [-0.25, -0.2) is 19.6 Å². The Kier molecular flexibility index (Phi) is 12.1. The van der Waals surface area contributed by atoms with E-state index in [1.165, 1.54) is 4.90 Å². The van der Waals surface area contributed by atoms with E-state index in [-0.39, 0.29) is 48.7 Å². The fraction of sp³-hybridized carbons (Fsp3) is 0.619. The van der Waals surface area contributed by atoms with E-state index >= 15 is 0 Å². The van der Waals surface area contributed by atoms with Crippen LogP contribution in [0, 0.1) is 22.7 Å². The summed E-state index contributed by atoms with van der Waals surface area (Å²) in [4.78, 5) is 67.3. The highest BCUT2D eigenvalue weighted by atomic mass is 16.5. The minimum absolute atomic E-state index is 0.0488. The maximum Gasteiger partial charge on any atom is 0.341 e. The highest BCUT2D eigenvalue weighted by Gasteiger charge is 2.60. The first kappa shape index (κ1) is 41.8. The van der Waals surface area contributed by atoms with Crippen molar-refractivity contribution in [2.45, 2.75) is 89.8 Å². The van der Waals surface area contributed by atoms with Crippen LogP contribution in [-0.2, 0) is 33.4 Å². The van der Waals surface area contributed by atoms with Crippen molar-refractivity contribution in [1.29, 1.82) is 0 Å². The van der Waals surface area contributed by atoms with Gasteiger partial charge in [-0.05, 0) is 87.6 Å². The van der Waals surface area contributed by atoms with Crippen LogP contribution >= 0.6 is 0 Å². The van der Waals surface area contributed by atoms with Gasteiger partial charge in [0.2, 0.25) is 11.9 Å². The number of amides is 2. The van der Waals surface area contributed by atoms with Crippen molar-refractivity contribution >= 4 is 35.9 Å². The van der Waals surface area contributed by atoms with Crippen molar-refractivity contribution in [3.8, 4) is 0 Å². The zero-order valence-electron chi connectivity index (χ0n) is 34.1. The lowest BCUT2D eigenvalue weighted by atomic mass is 9.45. The quantitative estimate of drug-likeness (QED) is 0.133. The number of nitrogens with one attached hydrogen (secondary N) is 2. The van der Waals surface area contributed by atoms with Gasteiger partial charge in [-0.15, -0.1) is 0 Å². The summed E-state index contributed by atoms with van der Waals surface area (Å²) in [6.45, 7) is 15.4. The molecule has 0 radical (unpaired) electrons. The molecule has 2 saturated carbocycles. The monoisotopic (exact) mass is 803 g/mol. The van der Waals surface area contributed by atoms with Gasteiger partial charge in [0.05, 0.1) is 50.7 Å². The van der Waals surface area contributed by atoms with Crippen LogP contribution in [0.15, 0.2) is 69.5 Å². The lowest BCUT2D eigenvalue weighted by molar-refractivity contribution is -0.163. The smallest absolute Gasteiger partial charge is 0.341 e. The summed E-state index contributed by atoms with van der Waals surface area (Å²) in [6, 6.07) is -2.60. The topological polar surface area (TPSA) is 195 Å². The van der Waals surface area contributed by atoms with Crippen LogP contribution in [0.25, 0.3) is 0 Å². The minimum atomic E-state index is -1.08. The number of rotatable bonds is 11. The third-order valence-electron chi connectivity index (χ3n) is 13.6. The average molecular weight is 804 g/mol. The number of esters is 2. The number of morpholine rings is 1. The third kappa shape index (κ3) is 7.66. The Morgan fingerprint density at radius 1 is 1.22 bits per heavy atom. The molecule has 314 valence electrons. The van der Waals surface area contributed by atoms with Gasteiger partial charge in [-0.2, -0.15) is 0 Å². The molecule has 2 aliphatic carbocycles. The van der Waals surface area contributed by atoms with Crippen LogP contribution in [-0.4, -0.2) is 150 Å². The summed E-state index contributed by atoms with van der Waals surface area (Å²) < 4.78 is 16.7. The molecular formula is C42H57N7O9. The third-order valence-corrected chi connectivity index (χ3v) is 13.6. The molecule has 0 aromatic heterocycles. The van der Waals surface area contributed by atoms with Crippen LogP contribution in [0.5, 0.6) is 0 Å². The predicted molar refractivity (Wildman–Crippen MR) is 214 cm³/mol. The van der Waals surface area contributed by atoms with Gasteiger partial charge in [0.25, 0.3) is 5.91 Å². The molecule has 58 heavy (non-hydrogen) atoms. The number of aliphatic imine (C=N–C) groups is 2. The molecule has 16 heteroatoms. The number of fused-ring (bicyclic) bond motifs is 2. The Labute approximate surface area is 339 Å². The summed E-state index contributed by atoms with van der Waals surface area (Å²) >= 11 is 0. The van der Waals surface area contributed by atoms with Crippen molar-refractivity contribution in [2.24, 2.45) is 32.7 Å². The highest BCUT2D eigenvalue weighted by molar-refractivity contribution is 6.05. The summed E-state index contributed by atoms with van der Waals surface area (Å²) in [5.74, 6) is -1.78. The maximum absolute atomic E-state index is 14.0. The van der Waals surface area contributed by atoms with Gasteiger partial charge in [-0.1, -0.05) is 32.1 Å². The predicted octanol–water partition coefficient (Wildman–Crippen LogP) is 1.19. The number of allylic oxidation sites excluding steroid dienone is 4. The van der Waals surface area contributed by atoms with Gasteiger partial charge in [0.1, 0.15) is 11.9 Å². The lowest BCUT2D eigenvalue weighted by Gasteiger charge is -2.62. The fourth-order valence-electron chi connectivity index (χ4n) is 10.3. The van der Waals surface area contributed by atoms with Crippen molar-refractivity contribution in [3.05, 3.63) is 59.6 Å². The summed E-state index contributed by atoms with van der Waals surface area (Å²) in [5, 5.41) is 28.5. The number of guanidine groups is 1. The van der Waals surface area contributed by atoms with Crippen LogP contribution in [0.4, 0.5) is 0 Å². The van der Waals surface area contributed by atoms with E-state index in [1.807, 2.05) is 6.92 Å². The van der Waals surface area contributed by atoms with E-state index in [4.69, 9.17) is 20.8 Å². The number of likely N-dealkylation sites (N-methyl/N-ethyl adjacent to an activating group) is 1. The molecule has 0 bridgehead atoms. The van der Waals surface area contributed by atoms with Crippen LogP contribution in [0.1, 0.15) is 53.4 Å². The molecule has 0 aromatic rings. The van der Waals surface area contributed by atoms with Crippen LogP contribution < -0.4 is 10.6 Å². The van der Waals surface area contributed by atoms with Crippen molar-refractivity contribution in [2.75, 3.05) is 53.1 Å². The van der Waals surface area contributed by atoms with Crippen molar-refractivity contribution in [3.63, 3.8) is 0 Å². The summed E-state index contributed by atoms with van der Waals surface area (Å²) in [5.41, 5.74) is 0.737. The zero-order chi connectivity index (χ0) is 41.5. The van der Waals surface area contributed by atoms with E-state index in [2.05, 4.69) is 32.4 Å². The molecular weight excluding hydrogens is 747 g/mol. The molecule has 4 N–H and O–H groups in total. The molecule has 16 nitrogen and oxygen atoms in total. The van der Waals surface area contributed by atoms with E-state index in [0.717, 1.165) is 25.1 Å². The zero-order valence-corrected chi connectivity index (χ0v) is 34.1. The van der Waals surface area contributed by atoms with Crippen LogP contribution in [0.2, 0.25) is 0 Å². The normalized spacial score (nSPS) is 35.6. The van der Waals surface area contributed by atoms with Gasteiger partial charge < -0.3 is 24.4 Å². The number of carbonyl (C=O) groups excluding carboxylic acids is 4. The summed E-state index contributed by atoms with van der Waals surface area (Å²) in [6.07, 6.45) is 11.3. The Morgan fingerprint density at radius 3 is 2.67 bits per heavy atom. The molecule has 5 heterocycles. The van der Waals surface area contributed by atoms with Crippen LogP contribution in [0.3, 0.4) is 0 Å². The minimum Gasteiger partial charge on any atom is -0.464 e. The van der Waals surface area contributed by atoms with Gasteiger partial charge in [-0.3, -0.25) is 34.9 Å². The second-order valence-corrected chi connectivity index (χ2v) is 16.9. The number of hydrogen-bond acceptors (Lipinski definition) is 14. The molecule has 4 fully saturated rings. The Bertz CT molecular complexity index is 1880. The first-order chi connectivity index (χ1) is 27.7. The van der Waals surface area contributed by atoms with Crippen molar-refractivity contribution in [1.82, 2.24) is 25.3 Å².